The van der Waals surface area contributed by atoms with E-state index in [9.17, 15) is 19.4 Å². The van der Waals surface area contributed by atoms with Crippen LogP contribution in [0.4, 0.5) is 4.39 Å². The molecule has 116 valence electrons. The maximum absolute atomic E-state index is 13.4. The number of hydrogen-bond acceptors (Lipinski definition) is 6. The monoisotopic (exact) mass is 308 g/mol. The Morgan fingerprint density at radius 2 is 2.36 bits per heavy atom. The van der Waals surface area contributed by atoms with Gasteiger partial charge in [-0.3, -0.25) is 13.8 Å². The van der Waals surface area contributed by atoms with Crippen LogP contribution in [-0.2, 0) is 4.74 Å². The van der Waals surface area contributed by atoms with Crippen LogP contribution < -0.4 is 5.56 Å². The topological polar surface area (TPSA) is 113 Å². The van der Waals surface area contributed by atoms with E-state index in [2.05, 4.69) is 20.9 Å². The number of H-pyrrole nitrogens is 1. The Labute approximate surface area is 123 Å². The number of aromatic nitrogens is 4. The van der Waals surface area contributed by atoms with E-state index in [1.54, 1.807) is 0 Å². The van der Waals surface area contributed by atoms with E-state index in [-0.39, 0.29) is 11.2 Å². The molecule has 0 spiro atoms. The Bertz CT molecular complexity index is 797. The molecule has 0 saturated carbocycles. The standard InChI is InChI=1S/C13H13FN4O4/c1-2-13(4-19)9(20)7(3-14)12(22-13)18-6-17-8-10(18)15-5-16-11(8)21/h1,5-7,9,12,19-20H,3-4H2,(H,15,16,21)/t7-,9+,12-,13-/m1/s1. The highest BCUT2D eigenvalue weighted by molar-refractivity contribution is 5.68. The van der Waals surface area contributed by atoms with Gasteiger partial charge in [-0.25, -0.2) is 9.97 Å². The minimum atomic E-state index is -1.71. The maximum atomic E-state index is 13.4. The van der Waals surface area contributed by atoms with Crippen LogP contribution in [-0.4, -0.2) is 54.7 Å². The van der Waals surface area contributed by atoms with Gasteiger partial charge in [0.1, 0.15) is 12.3 Å². The van der Waals surface area contributed by atoms with Crippen molar-refractivity contribution >= 4 is 11.2 Å². The zero-order chi connectivity index (χ0) is 15.9. The fourth-order valence-corrected chi connectivity index (χ4v) is 2.64. The summed E-state index contributed by atoms with van der Waals surface area (Å²) in [5, 5.41) is 19.6. The summed E-state index contributed by atoms with van der Waals surface area (Å²) in [7, 11) is 0. The molecule has 2 aromatic heterocycles. The first-order valence-corrected chi connectivity index (χ1v) is 6.48. The molecule has 8 nitrogen and oxygen atoms in total. The second kappa shape index (κ2) is 5.17. The fraction of sp³-hybridized carbons (Fsp3) is 0.462. The molecule has 1 fully saturated rings. The highest BCUT2D eigenvalue weighted by Gasteiger charge is 2.54. The van der Waals surface area contributed by atoms with Gasteiger partial charge in [0.2, 0.25) is 0 Å². The van der Waals surface area contributed by atoms with Crippen LogP contribution in [0.15, 0.2) is 17.4 Å². The lowest BCUT2D eigenvalue weighted by molar-refractivity contribution is -0.0899. The first-order valence-electron chi connectivity index (χ1n) is 6.48. The van der Waals surface area contributed by atoms with E-state index in [0.29, 0.717) is 0 Å². The normalized spacial score (nSPS) is 31.5. The van der Waals surface area contributed by atoms with Crippen molar-refractivity contribution < 1.29 is 19.3 Å². The van der Waals surface area contributed by atoms with Crippen molar-refractivity contribution in [3.05, 3.63) is 23.0 Å². The first kappa shape index (κ1) is 14.6. The van der Waals surface area contributed by atoms with Gasteiger partial charge in [-0.2, -0.15) is 0 Å². The highest BCUT2D eigenvalue weighted by Crippen LogP contribution is 2.42. The van der Waals surface area contributed by atoms with Crippen molar-refractivity contribution in [2.75, 3.05) is 13.3 Å². The Hall–Kier alpha value is -2.28. The number of rotatable bonds is 3. The zero-order valence-electron chi connectivity index (χ0n) is 11.3. The van der Waals surface area contributed by atoms with E-state index >= 15 is 0 Å². The van der Waals surface area contributed by atoms with Crippen LogP contribution in [0.25, 0.3) is 11.2 Å². The Morgan fingerprint density at radius 1 is 1.59 bits per heavy atom. The number of alkyl halides is 1. The van der Waals surface area contributed by atoms with Crippen molar-refractivity contribution in [1.29, 1.82) is 0 Å². The summed E-state index contributed by atoms with van der Waals surface area (Å²) in [6.45, 7) is -1.60. The van der Waals surface area contributed by atoms with Crippen LogP contribution in [0.5, 0.6) is 0 Å². The largest absolute Gasteiger partial charge is 0.392 e. The molecule has 0 aliphatic carbocycles. The highest BCUT2D eigenvalue weighted by atomic mass is 19.1. The van der Waals surface area contributed by atoms with Gasteiger partial charge >= 0.3 is 0 Å². The Balaban J connectivity index is 2.12. The Morgan fingerprint density at radius 3 is 3.00 bits per heavy atom. The van der Waals surface area contributed by atoms with Crippen LogP contribution in [0, 0.1) is 18.3 Å². The molecule has 0 amide bonds. The molecule has 9 heteroatoms. The molecule has 22 heavy (non-hydrogen) atoms. The summed E-state index contributed by atoms with van der Waals surface area (Å²) in [5.74, 6) is 1.16. The molecule has 4 atom stereocenters. The molecule has 0 bridgehead atoms. The van der Waals surface area contributed by atoms with E-state index in [1.807, 2.05) is 0 Å². The van der Waals surface area contributed by atoms with Gasteiger partial charge < -0.3 is 19.9 Å². The summed E-state index contributed by atoms with van der Waals surface area (Å²) in [4.78, 5) is 21.9. The summed E-state index contributed by atoms with van der Waals surface area (Å²) >= 11 is 0. The van der Waals surface area contributed by atoms with Crippen molar-refractivity contribution in [1.82, 2.24) is 19.5 Å². The molecular weight excluding hydrogens is 295 g/mol. The van der Waals surface area contributed by atoms with Crippen molar-refractivity contribution in [3.8, 4) is 12.3 Å². The van der Waals surface area contributed by atoms with Gasteiger partial charge in [0.05, 0.1) is 31.9 Å². The van der Waals surface area contributed by atoms with Gasteiger partial charge in [-0.15, -0.1) is 6.42 Å². The van der Waals surface area contributed by atoms with Gasteiger partial charge in [-0.05, 0) is 0 Å². The average molecular weight is 308 g/mol. The number of terminal acetylenes is 1. The third-order valence-electron chi connectivity index (χ3n) is 3.88. The van der Waals surface area contributed by atoms with Crippen LogP contribution in [0.1, 0.15) is 6.23 Å². The van der Waals surface area contributed by atoms with E-state index < -0.39 is 42.7 Å². The van der Waals surface area contributed by atoms with Gasteiger partial charge in [0, 0.05) is 0 Å². The van der Waals surface area contributed by atoms with Crippen LogP contribution in [0.3, 0.4) is 0 Å². The van der Waals surface area contributed by atoms with Gasteiger partial charge in [-0.1, -0.05) is 5.92 Å². The molecular formula is C13H13FN4O4. The molecule has 0 unspecified atom stereocenters. The molecule has 2 aromatic rings. The molecule has 1 aliphatic heterocycles. The predicted molar refractivity (Wildman–Crippen MR) is 72.4 cm³/mol. The molecule has 0 aromatic carbocycles. The number of ether oxygens (including phenoxy) is 1. The number of halogens is 1. The van der Waals surface area contributed by atoms with Gasteiger partial charge in [0.25, 0.3) is 5.56 Å². The SMILES string of the molecule is C#C[C@]1(CO)O[C@@H](n2cnc3c(=O)[nH]cnc32)[C@H](CF)[C@@H]1O. The number of aliphatic hydroxyl groups excluding tert-OH is 2. The number of imidazole rings is 1. The minimum Gasteiger partial charge on any atom is -0.392 e. The average Bonchev–Trinajstić information content (AvgIpc) is 3.07. The van der Waals surface area contributed by atoms with Crippen LogP contribution >= 0.6 is 0 Å². The maximum Gasteiger partial charge on any atom is 0.278 e. The van der Waals surface area contributed by atoms with E-state index in [0.717, 1.165) is 0 Å². The molecule has 3 rings (SSSR count). The fourth-order valence-electron chi connectivity index (χ4n) is 2.64. The van der Waals surface area contributed by atoms with Crippen molar-refractivity contribution in [2.24, 2.45) is 5.92 Å². The van der Waals surface area contributed by atoms with Crippen molar-refractivity contribution in [3.63, 3.8) is 0 Å². The number of nitrogens with zero attached hydrogens (tertiary/aromatic N) is 3. The van der Waals surface area contributed by atoms with Crippen molar-refractivity contribution in [2.45, 2.75) is 17.9 Å². The van der Waals surface area contributed by atoms with E-state index in [1.165, 1.54) is 17.2 Å². The lowest BCUT2D eigenvalue weighted by atomic mass is 9.91. The van der Waals surface area contributed by atoms with Gasteiger partial charge in [0.15, 0.2) is 16.8 Å². The molecule has 3 N–H and O–H groups in total. The lowest BCUT2D eigenvalue weighted by Crippen LogP contribution is -2.43. The summed E-state index contributed by atoms with van der Waals surface area (Å²) in [6.07, 6.45) is 5.32. The summed E-state index contributed by atoms with van der Waals surface area (Å²) < 4.78 is 20.3. The molecule has 0 radical (unpaired) electrons. The summed E-state index contributed by atoms with van der Waals surface area (Å²) in [6, 6.07) is 0. The van der Waals surface area contributed by atoms with E-state index in [4.69, 9.17) is 11.2 Å². The second-order valence-corrected chi connectivity index (χ2v) is 5.02. The van der Waals surface area contributed by atoms with Crippen LogP contribution in [0.2, 0.25) is 0 Å². The Kier molecular flexibility index (Phi) is 3.44. The lowest BCUT2D eigenvalue weighted by Gasteiger charge is -2.23. The summed E-state index contributed by atoms with van der Waals surface area (Å²) in [5.41, 5.74) is -1.94. The zero-order valence-corrected chi connectivity index (χ0v) is 11.3. The number of aromatic amines is 1. The molecule has 1 aliphatic rings. The second-order valence-electron chi connectivity index (χ2n) is 5.02. The third-order valence-corrected chi connectivity index (χ3v) is 3.88. The number of aliphatic hydroxyl groups is 2. The number of fused-ring (bicyclic) bond motifs is 1. The minimum absolute atomic E-state index is 0.0559. The number of hydrogen-bond donors (Lipinski definition) is 3. The molecule has 1 saturated heterocycles. The third kappa shape index (κ3) is 1.85. The molecule has 3 heterocycles. The first-order chi connectivity index (χ1) is 10.6. The smallest absolute Gasteiger partial charge is 0.278 e. The quantitative estimate of drug-likeness (QED) is 0.624. The predicted octanol–water partition coefficient (Wildman–Crippen LogP) is -1.04. The number of nitrogens with one attached hydrogen (secondary N) is 1.